The second kappa shape index (κ2) is 8.02. The lowest BCUT2D eigenvalue weighted by molar-refractivity contribution is -0.110. The van der Waals surface area contributed by atoms with Gasteiger partial charge in [0, 0.05) is 20.1 Å². The quantitative estimate of drug-likeness (QED) is 0.499. The van der Waals surface area contributed by atoms with Crippen LogP contribution in [0.5, 0.6) is 0 Å². The monoisotopic (exact) mass is 222 g/mol. The van der Waals surface area contributed by atoms with E-state index in [2.05, 4.69) is 0 Å². The molecular weight excluding hydrogens is 204 g/mol. The Morgan fingerprint density at radius 3 is 2.69 bits per heavy atom. The molecule has 0 aliphatic heterocycles. The molecule has 0 aliphatic rings. The Balaban J connectivity index is 2.13. The lowest BCUT2D eigenvalue weighted by Crippen LogP contribution is -2.14. The van der Waals surface area contributed by atoms with E-state index in [1.807, 2.05) is 30.3 Å². The average molecular weight is 222 g/mol. The third kappa shape index (κ3) is 5.05. The van der Waals surface area contributed by atoms with E-state index in [0.29, 0.717) is 19.6 Å². The lowest BCUT2D eigenvalue weighted by atomic mass is 10.2. The van der Waals surface area contributed by atoms with Crippen LogP contribution in [0.1, 0.15) is 18.4 Å². The van der Waals surface area contributed by atoms with E-state index >= 15 is 0 Å². The van der Waals surface area contributed by atoms with Crippen LogP contribution in [0.3, 0.4) is 0 Å². The van der Waals surface area contributed by atoms with E-state index in [0.717, 1.165) is 18.3 Å². The summed E-state index contributed by atoms with van der Waals surface area (Å²) in [5.41, 5.74) is 1.16. The number of carbonyl (C=O) groups is 1. The Labute approximate surface area is 96.4 Å². The Bertz CT molecular complexity index is 284. The highest BCUT2D eigenvalue weighted by molar-refractivity contribution is 5.50. The van der Waals surface area contributed by atoms with Gasteiger partial charge in [-0.3, -0.25) is 0 Å². The molecule has 1 rings (SSSR count). The van der Waals surface area contributed by atoms with Crippen LogP contribution in [-0.4, -0.2) is 26.1 Å². The molecular formula is C13H18O3. The SMILES string of the molecule is CO[C@@H](CC=O)CCOCc1ccccc1. The lowest BCUT2D eigenvalue weighted by Gasteiger charge is -2.12. The van der Waals surface area contributed by atoms with Crippen molar-refractivity contribution in [2.24, 2.45) is 0 Å². The summed E-state index contributed by atoms with van der Waals surface area (Å²) < 4.78 is 10.6. The van der Waals surface area contributed by atoms with Crippen LogP contribution in [-0.2, 0) is 20.9 Å². The van der Waals surface area contributed by atoms with Crippen LogP contribution in [0.4, 0.5) is 0 Å². The maximum absolute atomic E-state index is 10.3. The normalized spacial score (nSPS) is 12.3. The number of hydrogen-bond acceptors (Lipinski definition) is 3. The first-order chi connectivity index (χ1) is 7.86. The van der Waals surface area contributed by atoms with Gasteiger partial charge in [0.1, 0.15) is 6.29 Å². The predicted molar refractivity (Wildman–Crippen MR) is 62.2 cm³/mol. The minimum absolute atomic E-state index is 0.0201. The van der Waals surface area contributed by atoms with Crippen LogP contribution >= 0.6 is 0 Å². The minimum Gasteiger partial charge on any atom is -0.381 e. The van der Waals surface area contributed by atoms with Crippen molar-refractivity contribution in [2.75, 3.05) is 13.7 Å². The molecule has 0 bridgehead atoms. The first kappa shape index (κ1) is 12.9. The molecule has 0 radical (unpaired) electrons. The summed E-state index contributed by atoms with van der Waals surface area (Å²) in [5.74, 6) is 0. The zero-order chi connectivity index (χ0) is 11.6. The summed E-state index contributed by atoms with van der Waals surface area (Å²) in [6.45, 7) is 1.22. The van der Waals surface area contributed by atoms with Crippen molar-refractivity contribution in [3.8, 4) is 0 Å². The fourth-order valence-corrected chi connectivity index (χ4v) is 1.42. The second-order valence-corrected chi connectivity index (χ2v) is 3.59. The number of carbonyl (C=O) groups excluding carboxylic acids is 1. The van der Waals surface area contributed by atoms with Crippen molar-refractivity contribution >= 4 is 6.29 Å². The molecule has 0 spiro atoms. The first-order valence-electron chi connectivity index (χ1n) is 5.45. The third-order valence-electron chi connectivity index (χ3n) is 2.39. The van der Waals surface area contributed by atoms with Gasteiger partial charge in [-0.1, -0.05) is 30.3 Å². The molecule has 3 nitrogen and oxygen atoms in total. The number of hydrogen-bond donors (Lipinski definition) is 0. The highest BCUT2D eigenvalue weighted by atomic mass is 16.5. The summed E-state index contributed by atoms with van der Waals surface area (Å²) in [6, 6.07) is 10.0. The topological polar surface area (TPSA) is 35.5 Å². The molecule has 0 fully saturated rings. The molecule has 0 aliphatic carbocycles. The summed E-state index contributed by atoms with van der Waals surface area (Å²) in [4.78, 5) is 10.3. The van der Waals surface area contributed by atoms with Gasteiger partial charge in [-0.25, -0.2) is 0 Å². The summed E-state index contributed by atoms with van der Waals surface area (Å²) in [7, 11) is 1.62. The maximum atomic E-state index is 10.3. The second-order valence-electron chi connectivity index (χ2n) is 3.59. The highest BCUT2D eigenvalue weighted by Gasteiger charge is 2.05. The van der Waals surface area contributed by atoms with Gasteiger partial charge in [-0.2, -0.15) is 0 Å². The average Bonchev–Trinajstić information content (AvgIpc) is 2.34. The van der Waals surface area contributed by atoms with Crippen LogP contribution < -0.4 is 0 Å². The van der Waals surface area contributed by atoms with E-state index in [9.17, 15) is 4.79 Å². The van der Waals surface area contributed by atoms with Crippen molar-refractivity contribution in [1.29, 1.82) is 0 Å². The zero-order valence-electron chi connectivity index (χ0n) is 9.59. The van der Waals surface area contributed by atoms with E-state index in [4.69, 9.17) is 9.47 Å². The van der Waals surface area contributed by atoms with Crippen LogP contribution in [0.2, 0.25) is 0 Å². The number of ether oxygens (including phenoxy) is 2. The summed E-state index contributed by atoms with van der Waals surface area (Å²) in [6.07, 6.45) is 2.05. The third-order valence-corrected chi connectivity index (χ3v) is 2.39. The molecule has 3 heteroatoms. The van der Waals surface area contributed by atoms with Crippen molar-refractivity contribution in [2.45, 2.75) is 25.6 Å². The van der Waals surface area contributed by atoms with Crippen molar-refractivity contribution in [3.05, 3.63) is 35.9 Å². The standard InChI is InChI=1S/C13H18O3/c1-15-13(7-9-14)8-10-16-11-12-5-3-2-4-6-12/h2-6,9,13H,7-8,10-11H2,1H3/t13-/m0/s1. The van der Waals surface area contributed by atoms with E-state index in [1.165, 1.54) is 0 Å². The Morgan fingerprint density at radius 2 is 2.06 bits per heavy atom. The van der Waals surface area contributed by atoms with Gasteiger partial charge in [0.2, 0.25) is 0 Å². The van der Waals surface area contributed by atoms with E-state index in [-0.39, 0.29) is 6.10 Å². The molecule has 1 atom stereocenters. The maximum Gasteiger partial charge on any atom is 0.122 e. The number of benzene rings is 1. The van der Waals surface area contributed by atoms with Gasteiger partial charge in [-0.05, 0) is 12.0 Å². The number of aldehydes is 1. The van der Waals surface area contributed by atoms with Crippen molar-refractivity contribution in [3.63, 3.8) is 0 Å². The number of rotatable bonds is 8. The number of methoxy groups -OCH3 is 1. The van der Waals surface area contributed by atoms with Gasteiger partial charge in [0.05, 0.1) is 12.7 Å². The molecule has 1 aromatic rings. The fourth-order valence-electron chi connectivity index (χ4n) is 1.42. The molecule has 0 heterocycles. The molecule has 0 saturated carbocycles. The molecule has 16 heavy (non-hydrogen) atoms. The van der Waals surface area contributed by atoms with Gasteiger partial charge in [0.15, 0.2) is 0 Å². The minimum atomic E-state index is -0.0201. The van der Waals surface area contributed by atoms with Gasteiger partial charge in [-0.15, -0.1) is 0 Å². The van der Waals surface area contributed by atoms with Crippen LogP contribution in [0.25, 0.3) is 0 Å². The van der Waals surface area contributed by atoms with Crippen LogP contribution in [0, 0.1) is 0 Å². The molecule has 0 saturated heterocycles. The first-order valence-corrected chi connectivity index (χ1v) is 5.45. The predicted octanol–water partition coefficient (Wildman–Crippen LogP) is 2.20. The summed E-state index contributed by atoms with van der Waals surface area (Å²) in [5, 5.41) is 0. The Morgan fingerprint density at radius 1 is 1.31 bits per heavy atom. The van der Waals surface area contributed by atoms with Gasteiger partial charge in [0.25, 0.3) is 0 Å². The Hall–Kier alpha value is -1.19. The largest absolute Gasteiger partial charge is 0.381 e. The van der Waals surface area contributed by atoms with E-state index in [1.54, 1.807) is 7.11 Å². The molecule has 88 valence electrons. The summed E-state index contributed by atoms with van der Waals surface area (Å²) >= 11 is 0. The van der Waals surface area contributed by atoms with E-state index < -0.39 is 0 Å². The van der Waals surface area contributed by atoms with Crippen molar-refractivity contribution in [1.82, 2.24) is 0 Å². The van der Waals surface area contributed by atoms with Crippen molar-refractivity contribution < 1.29 is 14.3 Å². The fraction of sp³-hybridized carbons (Fsp3) is 0.462. The van der Waals surface area contributed by atoms with Gasteiger partial charge >= 0.3 is 0 Å². The highest BCUT2D eigenvalue weighted by Crippen LogP contribution is 2.04. The molecule has 0 amide bonds. The molecule has 0 aromatic heterocycles. The molecule has 0 N–H and O–H groups in total. The molecule has 0 unspecified atom stereocenters. The van der Waals surface area contributed by atoms with Gasteiger partial charge < -0.3 is 14.3 Å². The molecule has 1 aromatic carbocycles. The van der Waals surface area contributed by atoms with Crippen LogP contribution in [0.15, 0.2) is 30.3 Å². The zero-order valence-corrected chi connectivity index (χ0v) is 9.59. The smallest absolute Gasteiger partial charge is 0.122 e. The Kier molecular flexibility index (Phi) is 6.45.